The molecule has 0 aliphatic heterocycles. The molecule has 0 amide bonds. The predicted octanol–water partition coefficient (Wildman–Crippen LogP) is 0.799. The van der Waals surface area contributed by atoms with Crippen LogP contribution in [-0.2, 0) is 0 Å². The van der Waals surface area contributed by atoms with Crippen LogP contribution in [0.2, 0.25) is 0 Å². The van der Waals surface area contributed by atoms with Gasteiger partial charge < -0.3 is 10.7 Å². The maximum atomic E-state index is 11.3. The van der Waals surface area contributed by atoms with Crippen LogP contribution in [0.15, 0.2) is 29.1 Å². The van der Waals surface area contributed by atoms with Crippen LogP contribution >= 0.6 is 0 Å². The molecule has 1 aromatic heterocycles. The lowest BCUT2D eigenvalue weighted by molar-refractivity contribution is -0.384. The van der Waals surface area contributed by atoms with Gasteiger partial charge in [0.05, 0.1) is 10.6 Å². The minimum Gasteiger partial charge on any atom is -0.382 e. The first-order valence-corrected chi connectivity index (χ1v) is 5.07. The monoisotopic (exact) mass is 257 g/mol. The van der Waals surface area contributed by atoms with Crippen molar-refractivity contribution >= 4 is 11.5 Å². The lowest BCUT2D eigenvalue weighted by Crippen LogP contribution is -2.15. The fourth-order valence-electron chi connectivity index (χ4n) is 1.57. The summed E-state index contributed by atoms with van der Waals surface area (Å²) in [5.41, 5.74) is 5.36. The van der Waals surface area contributed by atoms with E-state index >= 15 is 0 Å². The third-order valence-corrected chi connectivity index (χ3v) is 2.44. The molecule has 0 unspecified atom stereocenters. The van der Waals surface area contributed by atoms with Gasteiger partial charge in [0.15, 0.2) is 0 Å². The molecule has 0 aliphatic rings. The van der Waals surface area contributed by atoms with Crippen molar-refractivity contribution in [3.63, 3.8) is 0 Å². The van der Waals surface area contributed by atoms with Crippen LogP contribution in [0.25, 0.3) is 11.3 Å². The minimum atomic E-state index is -0.690. The number of nitrogen functional groups attached to an aromatic ring is 1. The number of nitro benzene ring substituents is 1. The van der Waals surface area contributed by atoms with E-state index in [2.05, 4.69) is 9.97 Å². The molecule has 0 fully saturated rings. The zero-order valence-corrected chi connectivity index (χ0v) is 9.45. The van der Waals surface area contributed by atoms with Crippen molar-refractivity contribution < 1.29 is 4.92 Å². The number of H-pyrrole nitrogens is 1. The van der Waals surface area contributed by atoms with Crippen LogP contribution in [0.1, 0.15) is 5.56 Å². The summed E-state index contributed by atoms with van der Waals surface area (Å²) in [6.45, 7) is 0. The molecule has 8 nitrogen and oxygen atoms in total. The number of aromatic nitrogens is 2. The SMILES string of the molecule is N#Cc1c(N)nc(=O)[nH]c1-c1ccc([N+](=O)[O-])cc1. The number of nitro groups is 1. The van der Waals surface area contributed by atoms with Gasteiger partial charge in [0.1, 0.15) is 17.5 Å². The second kappa shape index (κ2) is 4.58. The molecular formula is C11H7N5O3. The average Bonchev–Trinajstić information content (AvgIpc) is 2.38. The van der Waals surface area contributed by atoms with Crippen LogP contribution in [0.4, 0.5) is 11.5 Å². The van der Waals surface area contributed by atoms with Gasteiger partial charge in [0, 0.05) is 17.7 Å². The number of nitriles is 1. The number of nitrogens with two attached hydrogens (primary N) is 1. The number of non-ortho nitro benzene ring substituents is 1. The molecule has 0 aliphatic carbocycles. The molecule has 2 rings (SSSR count). The Labute approximate surface area is 106 Å². The van der Waals surface area contributed by atoms with Gasteiger partial charge in [-0.2, -0.15) is 10.2 Å². The first-order chi connectivity index (χ1) is 9.02. The van der Waals surface area contributed by atoms with Gasteiger partial charge in [0.2, 0.25) is 0 Å². The molecule has 0 saturated heterocycles. The van der Waals surface area contributed by atoms with Crippen molar-refractivity contribution in [1.29, 1.82) is 5.26 Å². The molecule has 19 heavy (non-hydrogen) atoms. The van der Waals surface area contributed by atoms with E-state index in [1.807, 2.05) is 6.07 Å². The number of rotatable bonds is 2. The summed E-state index contributed by atoms with van der Waals surface area (Å²) in [4.78, 5) is 27.1. The maximum absolute atomic E-state index is 11.3. The highest BCUT2D eigenvalue weighted by atomic mass is 16.6. The van der Waals surface area contributed by atoms with Gasteiger partial charge in [-0.3, -0.25) is 10.1 Å². The van der Waals surface area contributed by atoms with Crippen LogP contribution in [0.3, 0.4) is 0 Å². The molecule has 0 bridgehead atoms. The molecular weight excluding hydrogens is 250 g/mol. The normalized spacial score (nSPS) is 9.84. The van der Waals surface area contributed by atoms with Crippen molar-refractivity contribution in [2.24, 2.45) is 0 Å². The maximum Gasteiger partial charge on any atom is 0.347 e. The zero-order chi connectivity index (χ0) is 14.0. The second-order valence-electron chi connectivity index (χ2n) is 3.59. The number of aromatic amines is 1. The van der Waals surface area contributed by atoms with Gasteiger partial charge in [0.25, 0.3) is 5.69 Å². The molecule has 0 radical (unpaired) electrons. The van der Waals surface area contributed by atoms with E-state index in [1.54, 1.807) is 0 Å². The second-order valence-corrected chi connectivity index (χ2v) is 3.59. The number of nitrogens with zero attached hydrogens (tertiary/aromatic N) is 3. The van der Waals surface area contributed by atoms with E-state index in [1.165, 1.54) is 24.3 Å². The van der Waals surface area contributed by atoms with E-state index in [9.17, 15) is 14.9 Å². The molecule has 94 valence electrons. The largest absolute Gasteiger partial charge is 0.382 e. The highest BCUT2D eigenvalue weighted by Gasteiger charge is 2.13. The first-order valence-electron chi connectivity index (χ1n) is 5.07. The fraction of sp³-hybridized carbons (Fsp3) is 0. The number of hydrogen-bond acceptors (Lipinski definition) is 6. The summed E-state index contributed by atoms with van der Waals surface area (Å²) in [5.74, 6) is -0.181. The smallest absolute Gasteiger partial charge is 0.347 e. The van der Waals surface area contributed by atoms with E-state index in [-0.39, 0.29) is 22.8 Å². The summed E-state index contributed by atoms with van der Waals surface area (Å²) in [7, 11) is 0. The molecule has 0 atom stereocenters. The van der Waals surface area contributed by atoms with Crippen LogP contribution in [0.5, 0.6) is 0 Å². The van der Waals surface area contributed by atoms with Gasteiger partial charge in [-0.25, -0.2) is 4.79 Å². The third kappa shape index (κ3) is 2.25. The molecule has 2 aromatic rings. The molecule has 1 aromatic carbocycles. The standard InChI is InChI=1S/C11H7N5O3/c12-5-8-9(14-11(17)15-10(8)13)6-1-3-7(4-2-6)16(18)19/h1-4H,(H3,13,14,15,17). The summed E-state index contributed by atoms with van der Waals surface area (Å²) < 4.78 is 0. The highest BCUT2D eigenvalue weighted by Crippen LogP contribution is 2.24. The summed E-state index contributed by atoms with van der Waals surface area (Å²) in [5, 5.41) is 19.5. The number of anilines is 1. The number of nitrogens with one attached hydrogen (secondary N) is 1. The van der Waals surface area contributed by atoms with E-state index in [4.69, 9.17) is 11.0 Å². The molecule has 0 saturated carbocycles. The Morgan fingerprint density at radius 2 is 2.00 bits per heavy atom. The summed E-state index contributed by atoms with van der Waals surface area (Å²) >= 11 is 0. The van der Waals surface area contributed by atoms with Gasteiger partial charge >= 0.3 is 5.69 Å². The van der Waals surface area contributed by atoms with Gasteiger partial charge in [-0.05, 0) is 12.1 Å². The van der Waals surface area contributed by atoms with Gasteiger partial charge in [-0.1, -0.05) is 0 Å². The molecule has 1 heterocycles. The Morgan fingerprint density at radius 1 is 1.37 bits per heavy atom. The first kappa shape index (κ1) is 12.3. The van der Waals surface area contributed by atoms with Crippen LogP contribution < -0.4 is 11.4 Å². The minimum absolute atomic E-state index is 0.0217. The van der Waals surface area contributed by atoms with Gasteiger partial charge in [-0.15, -0.1) is 0 Å². The zero-order valence-electron chi connectivity index (χ0n) is 9.45. The Kier molecular flexibility index (Phi) is 2.95. The topological polar surface area (TPSA) is 139 Å². The van der Waals surface area contributed by atoms with E-state index < -0.39 is 10.6 Å². The summed E-state index contributed by atoms with van der Waals surface area (Å²) in [6.07, 6.45) is 0. The Balaban J connectivity index is 2.62. The van der Waals surface area contributed by atoms with Crippen molar-refractivity contribution in [3.05, 3.63) is 50.4 Å². The van der Waals surface area contributed by atoms with Crippen molar-refractivity contribution in [1.82, 2.24) is 9.97 Å². The quantitative estimate of drug-likeness (QED) is 0.602. The average molecular weight is 257 g/mol. The predicted molar refractivity (Wildman–Crippen MR) is 66.1 cm³/mol. The van der Waals surface area contributed by atoms with E-state index in [0.717, 1.165) is 0 Å². The molecule has 0 spiro atoms. The van der Waals surface area contributed by atoms with Crippen LogP contribution in [0, 0.1) is 21.4 Å². The lowest BCUT2D eigenvalue weighted by Gasteiger charge is -2.05. The molecule has 3 N–H and O–H groups in total. The number of benzene rings is 1. The lowest BCUT2D eigenvalue weighted by atomic mass is 10.1. The summed E-state index contributed by atoms with van der Waals surface area (Å²) in [6, 6.07) is 7.21. The third-order valence-electron chi connectivity index (χ3n) is 2.44. The van der Waals surface area contributed by atoms with Crippen molar-refractivity contribution in [2.75, 3.05) is 5.73 Å². The highest BCUT2D eigenvalue weighted by molar-refractivity contribution is 5.71. The Bertz CT molecular complexity index is 742. The van der Waals surface area contributed by atoms with Crippen molar-refractivity contribution in [3.8, 4) is 17.3 Å². The van der Waals surface area contributed by atoms with Crippen LogP contribution in [-0.4, -0.2) is 14.9 Å². The fourth-order valence-corrected chi connectivity index (χ4v) is 1.57. The number of hydrogen-bond donors (Lipinski definition) is 2. The Hall–Kier alpha value is -3.21. The molecule has 8 heteroatoms. The Morgan fingerprint density at radius 3 is 2.53 bits per heavy atom. The van der Waals surface area contributed by atoms with Crippen molar-refractivity contribution in [2.45, 2.75) is 0 Å². The van der Waals surface area contributed by atoms with E-state index in [0.29, 0.717) is 5.56 Å².